The van der Waals surface area contributed by atoms with Crippen LogP contribution in [0.3, 0.4) is 0 Å². The highest BCUT2D eigenvalue weighted by Crippen LogP contribution is 2.36. The third kappa shape index (κ3) is 5.95. The Morgan fingerprint density at radius 2 is 2.24 bits per heavy atom. The number of benzene rings is 1. The van der Waals surface area contributed by atoms with Gasteiger partial charge in [-0.25, -0.2) is 0 Å². The van der Waals surface area contributed by atoms with E-state index in [1.54, 1.807) is 0 Å². The fourth-order valence-electron chi connectivity index (χ4n) is 2.59. The van der Waals surface area contributed by atoms with Gasteiger partial charge in [0.25, 0.3) is 0 Å². The summed E-state index contributed by atoms with van der Waals surface area (Å²) in [6, 6.07) is 2.38. The second-order valence-corrected chi connectivity index (χ2v) is 6.60. The summed E-state index contributed by atoms with van der Waals surface area (Å²) in [5.74, 6) is -0.604. The number of hydrogen-bond acceptors (Lipinski definition) is 4. The van der Waals surface area contributed by atoms with E-state index in [1.807, 2.05) is 0 Å². The summed E-state index contributed by atoms with van der Waals surface area (Å²) in [6.45, 7) is -0.0592. The van der Waals surface area contributed by atoms with Gasteiger partial charge >= 0.3 is 6.18 Å². The Balaban J connectivity index is 1.98. The van der Waals surface area contributed by atoms with Crippen LogP contribution in [0.2, 0.25) is 0 Å². The van der Waals surface area contributed by atoms with Crippen molar-refractivity contribution in [2.45, 2.75) is 31.2 Å². The number of hydrogen-bond donors (Lipinski definition) is 2. The summed E-state index contributed by atoms with van der Waals surface area (Å²) in [5, 5.41) is 11.8. The number of carbonyl (C=O) groups excluding carboxylic acids is 1. The van der Waals surface area contributed by atoms with E-state index in [2.05, 4.69) is 21.2 Å². The number of nitrogens with one attached hydrogen (secondary N) is 1. The molecule has 2 N–H and O–H groups in total. The first-order valence-electron chi connectivity index (χ1n) is 7.77. The molecular weight excluding hydrogens is 407 g/mol. The molecule has 140 valence electrons. The zero-order valence-electron chi connectivity index (χ0n) is 13.3. The number of halogens is 4. The van der Waals surface area contributed by atoms with Gasteiger partial charge in [0.2, 0.25) is 5.91 Å². The molecule has 2 atom stereocenters. The SMILES string of the molecule is O=C(COC[C@H]1CCCO1)N[C@@H](CO)c1ccc(Br)cc1C(F)(F)F. The average molecular weight is 426 g/mol. The van der Waals surface area contributed by atoms with Crippen LogP contribution >= 0.6 is 15.9 Å². The normalized spacial score (nSPS) is 19.0. The number of carbonyl (C=O) groups is 1. The minimum Gasteiger partial charge on any atom is -0.394 e. The molecule has 1 fully saturated rings. The minimum atomic E-state index is -4.60. The molecule has 1 aliphatic heterocycles. The molecule has 0 bridgehead atoms. The third-order valence-corrected chi connectivity index (χ3v) is 4.27. The molecule has 9 heteroatoms. The highest BCUT2D eigenvalue weighted by Gasteiger charge is 2.35. The molecule has 1 aliphatic rings. The second kappa shape index (κ2) is 8.98. The van der Waals surface area contributed by atoms with Crippen LogP contribution in [-0.2, 0) is 20.4 Å². The van der Waals surface area contributed by atoms with Gasteiger partial charge in [-0.3, -0.25) is 4.79 Å². The van der Waals surface area contributed by atoms with Gasteiger partial charge in [0.05, 0.1) is 30.9 Å². The average Bonchev–Trinajstić information content (AvgIpc) is 3.05. The number of rotatable bonds is 7. The predicted molar refractivity (Wildman–Crippen MR) is 86.9 cm³/mol. The summed E-state index contributed by atoms with van der Waals surface area (Å²) >= 11 is 3.00. The van der Waals surface area contributed by atoms with Gasteiger partial charge in [-0.1, -0.05) is 22.0 Å². The number of amides is 1. The Kier molecular flexibility index (Phi) is 7.24. The Morgan fingerprint density at radius 1 is 1.48 bits per heavy atom. The number of ether oxygens (including phenoxy) is 2. The van der Waals surface area contributed by atoms with Crippen molar-refractivity contribution in [3.8, 4) is 0 Å². The summed E-state index contributed by atoms with van der Waals surface area (Å²) in [6.07, 6.45) is -2.86. The van der Waals surface area contributed by atoms with Crippen LogP contribution in [-0.4, -0.2) is 43.5 Å². The molecule has 0 saturated carbocycles. The largest absolute Gasteiger partial charge is 0.416 e. The number of aliphatic hydroxyl groups excluding tert-OH is 1. The molecule has 0 radical (unpaired) electrons. The van der Waals surface area contributed by atoms with E-state index in [4.69, 9.17) is 9.47 Å². The summed E-state index contributed by atoms with van der Waals surface area (Å²) in [4.78, 5) is 11.9. The van der Waals surface area contributed by atoms with Gasteiger partial charge in [0.15, 0.2) is 0 Å². The summed E-state index contributed by atoms with van der Waals surface area (Å²) < 4.78 is 50.4. The molecule has 0 unspecified atom stereocenters. The quantitative estimate of drug-likeness (QED) is 0.704. The van der Waals surface area contributed by atoms with E-state index in [0.29, 0.717) is 6.61 Å². The molecule has 2 rings (SSSR count). The van der Waals surface area contributed by atoms with Gasteiger partial charge in [-0.05, 0) is 30.5 Å². The molecule has 5 nitrogen and oxygen atoms in total. The van der Waals surface area contributed by atoms with E-state index in [-0.39, 0.29) is 29.4 Å². The van der Waals surface area contributed by atoms with E-state index < -0.39 is 30.3 Å². The molecule has 25 heavy (non-hydrogen) atoms. The van der Waals surface area contributed by atoms with Gasteiger partial charge in [-0.15, -0.1) is 0 Å². The monoisotopic (exact) mass is 425 g/mol. The maximum atomic E-state index is 13.2. The van der Waals surface area contributed by atoms with E-state index in [0.717, 1.165) is 18.9 Å². The molecule has 0 aliphatic carbocycles. The topological polar surface area (TPSA) is 67.8 Å². The fourth-order valence-corrected chi connectivity index (χ4v) is 2.96. The molecule has 0 spiro atoms. The summed E-state index contributed by atoms with van der Waals surface area (Å²) in [7, 11) is 0. The van der Waals surface area contributed by atoms with Crippen molar-refractivity contribution in [1.82, 2.24) is 5.32 Å². The van der Waals surface area contributed by atoms with Crippen molar-refractivity contribution in [3.05, 3.63) is 33.8 Å². The van der Waals surface area contributed by atoms with Crippen molar-refractivity contribution in [1.29, 1.82) is 0 Å². The molecule has 1 heterocycles. The number of alkyl halides is 3. The van der Waals surface area contributed by atoms with Gasteiger partial charge < -0.3 is 19.9 Å². The number of aliphatic hydroxyl groups is 1. The van der Waals surface area contributed by atoms with Crippen LogP contribution in [0, 0.1) is 0 Å². The lowest BCUT2D eigenvalue weighted by Gasteiger charge is -2.21. The maximum Gasteiger partial charge on any atom is 0.416 e. The van der Waals surface area contributed by atoms with Gasteiger partial charge in [-0.2, -0.15) is 13.2 Å². The minimum absolute atomic E-state index is 0.0512. The Hall–Kier alpha value is -1.16. The lowest BCUT2D eigenvalue weighted by molar-refractivity contribution is -0.139. The zero-order chi connectivity index (χ0) is 18.4. The van der Waals surface area contributed by atoms with Crippen LogP contribution in [0.4, 0.5) is 13.2 Å². The van der Waals surface area contributed by atoms with E-state index >= 15 is 0 Å². The molecule has 0 aromatic heterocycles. The summed E-state index contributed by atoms with van der Waals surface area (Å²) in [5.41, 5.74) is -1.12. The first-order valence-corrected chi connectivity index (χ1v) is 8.56. The highest BCUT2D eigenvalue weighted by atomic mass is 79.9. The Bertz CT molecular complexity index is 591. The third-order valence-electron chi connectivity index (χ3n) is 3.77. The Morgan fingerprint density at radius 3 is 2.84 bits per heavy atom. The van der Waals surface area contributed by atoms with E-state index in [1.165, 1.54) is 12.1 Å². The van der Waals surface area contributed by atoms with Crippen molar-refractivity contribution in [3.63, 3.8) is 0 Å². The lowest BCUT2D eigenvalue weighted by Crippen LogP contribution is -2.35. The first kappa shape index (κ1) is 20.2. The van der Waals surface area contributed by atoms with Gasteiger partial charge in [0.1, 0.15) is 6.61 Å². The molecule has 1 aromatic rings. The molecule has 1 aromatic carbocycles. The second-order valence-electron chi connectivity index (χ2n) is 5.68. The van der Waals surface area contributed by atoms with Crippen LogP contribution in [0.25, 0.3) is 0 Å². The smallest absolute Gasteiger partial charge is 0.394 e. The van der Waals surface area contributed by atoms with E-state index in [9.17, 15) is 23.1 Å². The first-order chi connectivity index (χ1) is 11.8. The van der Waals surface area contributed by atoms with Crippen molar-refractivity contribution in [2.75, 3.05) is 26.4 Å². The van der Waals surface area contributed by atoms with Crippen molar-refractivity contribution < 1.29 is 32.5 Å². The van der Waals surface area contributed by atoms with Crippen molar-refractivity contribution >= 4 is 21.8 Å². The molecule has 1 saturated heterocycles. The molecule has 1 amide bonds. The van der Waals surface area contributed by atoms with Crippen LogP contribution in [0.15, 0.2) is 22.7 Å². The zero-order valence-corrected chi connectivity index (χ0v) is 14.9. The van der Waals surface area contributed by atoms with Crippen LogP contribution < -0.4 is 5.32 Å². The Labute approximate surface area is 151 Å². The van der Waals surface area contributed by atoms with Gasteiger partial charge in [0, 0.05) is 11.1 Å². The van der Waals surface area contributed by atoms with Crippen molar-refractivity contribution in [2.24, 2.45) is 0 Å². The lowest BCUT2D eigenvalue weighted by atomic mass is 10.00. The maximum absolute atomic E-state index is 13.2. The standard InChI is InChI=1S/C16H19BrF3NO4/c17-10-3-4-12(13(6-10)16(18,19)20)14(7-22)21-15(23)9-24-8-11-2-1-5-25-11/h3-4,6,11,14,22H,1-2,5,7-9H2,(H,21,23)/t11-,14+/m1/s1. The molecular formula is C16H19BrF3NO4. The van der Waals surface area contributed by atoms with Crippen LogP contribution in [0.1, 0.15) is 30.0 Å². The fraction of sp³-hybridized carbons (Fsp3) is 0.562. The van der Waals surface area contributed by atoms with Crippen LogP contribution in [0.5, 0.6) is 0 Å². The highest BCUT2D eigenvalue weighted by molar-refractivity contribution is 9.10. The predicted octanol–water partition coefficient (Wildman–Crippen LogP) is 2.81.